The van der Waals surface area contributed by atoms with Gasteiger partial charge < -0.3 is 9.97 Å². The topological polar surface area (TPSA) is 31.6 Å². The van der Waals surface area contributed by atoms with E-state index in [9.17, 15) is 0 Å². The number of aromatic nitrogens is 2. The van der Waals surface area contributed by atoms with Gasteiger partial charge in [0.05, 0.1) is 11.0 Å². The minimum Gasteiger partial charge on any atom is -0.354 e. The van der Waals surface area contributed by atoms with Crippen LogP contribution >= 0.6 is 0 Å². The molecule has 2 N–H and O–H groups in total. The van der Waals surface area contributed by atoms with E-state index in [4.69, 9.17) is 0 Å². The number of aryl methyl sites for hydroxylation is 2. The summed E-state index contributed by atoms with van der Waals surface area (Å²) in [6, 6.07) is 62.0. The van der Waals surface area contributed by atoms with Crippen LogP contribution in [-0.4, -0.2) is 9.97 Å². The zero-order valence-electron chi connectivity index (χ0n) is 29.2. The van der Waals surface area contributed by atoms with E-state index in [1.807, 2.05) is 0 Å². The molecule has 0 radical (unpaired) electrons. The Morgan fingerprint density at radius 2 is 0.750 bits per heavy atom. The van der Waals surface area contributed by atoms with Crippen LogP contribution in [0.5, 0.6) is 0 Å². The summed E-state index contributed by atoms with van der Waals surface area (Å²) in [6.07, 6.45) is 0. The van der Waals surface area contributed by atoms with Gasteiger partial charge in [0.2, 0.25) is 0 Å². The van der Waals surface area contributed by atoms with Crippen molar-refractivity contribution in [2.45, 2.75) is 13.8 Å². The first-order chi connectivity index (χ1) is 25.7. The summed E-state index contributed by atoms with van der Waals surface area (Å²) in [7, 11) is 0. The molecule has 10 aromatic rings. The lowest BCUT2D eigenvalue weighted by molar-refractivity contribution is 1.45. The number of rotatable bonds is 5. The third kappa shape index (κ3) is 4.65. The van der Waals surface area contributed by atoms with Gasteiger partial charge >= 0.3 is 0 Å². The third-order valence-corrected chi connectivity index (χ3v) is 10.9. The number of aromatic amines is 2. The first kappa shape index (κ1) is 30.2. The van der Waals surface area contributed by atoms with Gasteiger partial charge in [0.25, 0.3) is 0 Å². The van der Waals surface area contributed by atoms with Crippen LogP contribution in [0.2, 0.25) is 0 Å². The van der Waals surface area contributed by atoms with Crippen LogP contribution in [0.15, 0.2) is 170 Å². The van der Waals surface area contributed by atoms with Crippen molar-refractivity contribution in [3.63, 3.8) is 0 Å². The molecule has 0 saturated carbocycles. The molecular weight excluding hydrogens is 629 g/mol. The van der Waals surface area contributed by atoms with Gasteiger partial charge in [-0.3, -0.25) is 0 Å². The summed E-state index contributed by atoms with van der Waals surface area (Å²) in [5, 5.41) is 4.91. The highest BCUT2D eigenvalue weighted by Gasteiger charge is 2.26. The van der Waals surface area contributed by atoms with Crippen LogP contribution in [0.1, 0.15) is 11.1 Å². The highest BCUT2D eigenvalue weighted by molar-refractivity contribution is 6.21. The highest BCUT2D eigenvalue weighted by atomic mass is 14.7. The Bertz CT molecular complexity index is 2980. The Balaban J connectivity index is 1.44. The van der Waals surface area contributed by atoms with Gasteiger partial charge in [-0.25, -0.2) is 0 Å². The molecule has 0 aliphatic carbocycles. The predicted molar refractivity (Wildman–Crippen MR) is 222 cm³/mol. The fraction of sp³-hybridized carbons (Fsp3) is 0.0400. The second kappa shape index (κ2) is 12.0. The maximum atomic E-state index is 3.94. The minimum atomic E-state index is 1.14. The number of para-hydroxylation sites is 2. The van der Waals surface area contributed by atoms with E-state index in [1.165, 1.54) is 88.3 Å². The lowest BCUT2D eigenvalue weighted by atomic mass is 9.80. The van der Waals surface area contributed by atoms with Crippen LogP contribution in [0, 0.1) is 13.8 Å². The quantitative estimate of drug-likeness (QED) is 0.184. The molecule has 8 aromatic carbocycles. The Kier molecular flexibility index (Phi) is 6.97. The van der Waals surface area contributed by atoms with Crippen molar-refractivity contribution in [1.82, 2.24) is 9.97 Å². The monoisotopic (exact) mass is 664 g/mol. The molecule has 0 fully saturated rings. The Labute approximate surface area is 303 Å². The van der Waals surface area contributed by atoms with E-state index in [0.29, 0.717) is 0 Å². The molecule has 10 rings (SSSR count). The molecule has 2 nitrogen and oxygen atoms in total. The molecule has 2 heterocycles. The third-order valence-electron chi connectivity index (χ3n) is 10.9. The fourth-order valence-electron chi connectivity index (χ4n) is 8.46. The summed E-state index contributed by atoms with van der Waals surface area (Å²) in [5.41, 5.74) is 19.2. The number of fused-ring (bicyclic) bond motifs is 6. The largest absolute Gasteiger partial charge is 0.354 e. The molecule has 0 spiro atoms. The molecule has 0 bridgehead atoms. The van der Waals surface area contributed by atoms with Crippen molar-refractivity contribution < 1.29 is 0 Å². The van der Waals surface area contributed by atoms with E-state index in [-0.39, 0.29) is 0 Å². The highest BCUT2D eigenvalue weighted by Crippen LogP contribution is 2.51. The van der Waals surface area contributed by atoms with Gasteiger partial charge in [0, 0.05) is 49.3 Å². The van der Waals surface area contributed by atoms with Crippen LogP contribution in [0.25, 0.3) is 99.2 Å². The van der Waals surface area contributed by atoms with Crippen LogP contribution in [0.4, 0.5) is 0 Å². The summed E-state index contributed by atoms with van der Waals surface area (Å²) in [5.74, 6) is 0. The van der Waals surface area contributed by atoms with Gasteiger partial charge in [-0.1, -0.05) is 158 Å². The normalized spacial score (nSPS) is 11.7. The van der Waals surface area contributed by atoms with E-state index in [2.05, 4.69) is 194 Å². The first-order valence-corrected chi connectivity index (χ1v) is 18.0. The number of nitrogens with one attached hydrogen (secondary N) is 2. The van der Waals surface area contributed by atoms with Gasteiger partial charge in [0.1, 0.15) is 0 Å². The van der Waals surface area contributed by atoms with Gasteiger partial charge in [-0.05, 0) is 76.1 Å². The standard InChI is InChI=1S/C50H36N2/c1-31-15-6-8-19-34(31)39-27-29-41-37-21-10-12-25-44(37)51-49(41)47(39)43-24-14-23-36(33-17-4-3-5-18-33)46(43)48-40(35-20-9-7-16-32(35)2)28-30-42-38-22-11-13-26-45(38)52-50(42)48/h3-30,51-52H,1-2H3. The van der Waals surface area contributed by atoms with Gasteiger partial charge in [0.15, 0.2) is 0 Å². The van der Waals surface area contributed by atoms with Gasteiger partial charge in [-0.15, -0.1) is 0 Å². The molecule has 52 heavy (non-hydrogen) atoms. The smallest absolute Gasteiger partial charge is 0.0551 e. The van der Waals surface area contributed by atoms with Crippen molar-refractivity contribution in [2.75, 3.05) is 0 Å². The van der Waals surface area contributed by atoms with E-state index < -0.39 is 0 Å². The lowest BCUT2D eigenvalue weighted by Gasteiger charge is -2.23. The molecule has 0 aliphatic heterocycles. The second-order valence-electron chi connectivity index (χ2n) is 13.9. The zero-order chi connectivity index (χ0) is 34.8. The summed E-state index contributed by atoms with van der Waals surface area (Å²) >= 11 is 0. The van der Waals surface area contributed by atoms with Crippen LogP contribution < -0.4 is 0 Å². The molecule has 0 atom stereocenters. The number of hydrogen-bond donors (Lipinski definition) is 2. The lowest BCUT2D eigenvalue weighted by Crippen LogP contribution is -1.97. The zero-order valence-corrected chi connectivity index (χ0v) is 29.2. The fourth-order valence-corrected chi connectivity index (χ4v) is 8.46. The van der Waals surface area contributed by atoms with E-state index >= 15 is 0 Å². The van der Waals surface area contributed by atoms with Crippen LogP contribution in [-0.2, 0) is 0 Å². The number of hydrogen-bond acceptors (Lipinski definition) is 0. The Hall–Kier alpha value is -6.64. The molecule has 2 aromatic heterocycles. The van der Waals surface area contributed by atoms with Crippen LogP contribution in [0.3, 0.4) is 0 Å². The average Bonchev–Trinajstić information content (AvgIpc) is 3.76. The average molecular weight is 665 g/mol. The SMILES string of the molecule is Cc1ccccc1-c1ccc2c([nH]c3ccccc32)c1-c1cccc(-c2ccccc2)c1-c1c(-c2ccccc2C)ccc2c1[nH]c1ccccc12. The van der Waals surface area contributed by atoms with Gasteiger partial charge in [-0.2, -0.15) is 0 Å². The minimum absolute atomic E-state index is 1.14. The maximum Gasteiger partial charge on any atom is 0.0551 e. The molecule has 0 amide bonds. The molecule has 0 unspecified atom stereocenters. The summed E-state index contributed by atoms with van der Waals surface area (Å²) in [4.78, 5) is 7.86. The molecule has 2 heteroatoms. The van der Waals surface area contributed by atoms with E-state index in [0.717, 1.165) is 22.1 Å². The molecular formula is C50H36N2. The molecule has 0 saturated heterocycles. The summed E-state index contributed by atoms with van der Waals surface area (Å²) < 4.78 is 0. The maximum absolute atomic E-state index is 3.94. The van der Waals surface area contributed by atoms with Crippen molar-refractivity contribution in [3.05, 3.63) is 181 Å². The van der Waals surface area contributed by atoms with Crippen molar-refractivity contribution >= 4 is 43.6 Å². The number of H-pyrrole nitrogens is 2. The van der Waals surface area contributed by atoms with E-state index in [1.54, 1.807) is 0 Å². The van der Waals surface area contributed by atoms with Crippen molar-refractivity contribution in [1.29, 1.82) is 0 Å². The summed E-state index contributed by atoms with van der Waals surface area (Å²) in [6.45, 7) is 4.44. The number of benzene rings is 8. The van der Waals surface area contributed by atoms with Crippen molar-refractivity contribution in [2.24, 2.45) is 0 Å². The second-order valence-corrected chi connectivity index (χ2v) is 13.9. The Morgan fingerprint density at radius 3 is 1.35 bits per heavy atom. The Morgan fingerprint density at radius 1 is 0.288 bits per heavy atom. The molecule has 246 valence electrons. The predicted octanol–water partition coefficient (Wildman–Crippen LogP) is 13.9. The van der Waals surface area contributed by atoms with Crippen molar-refractivity contribution in [3.8, 4) is 55.6 Å². The molecule has 0 aliphatic rings. The first-order valence-electron chi connectivity index (χ1n) is 18.0.